The van der Waals surface area contributed by atoms with E-state index in [1.165, 1.54) is 6.08 Å². The summed E-state index contributed by atoms with van der Waals surface area (Å²) >= 11 is 11.8. The lowest BCUT2D eigenvalue weighted by Gasteiger charge is -2.01. The van der Waals surface area contributed by atoms with Crippen LogP contribution in [0.3, 0.4) is 0 Å². The van der Waals surface area contributed by atoms with Gasteiger partial charge in [-0.1, -0.05) is 29.3 Å². The molecule has 0 unspecified atom stereocenters. The second-order valence-electron chi connectivity index (χ2n) is 3.37. The van der Waals surface area contributed by atoms with E-state index in [4.69, 9.17) is 28.3 Å². The molecule has 0 amide bonds. The molecule has 1 aromatic heterocycles. The first kappa shape index (κ1) is 11.9. The lowest BCUT2D eigenvalue weighted by atomic mass is 10.2. The Hall–Kier alpha value is -1.58. The first-order chi connectivity index (χ1) is 8.06. The highest BCUT2D eigenvalue weighted by Crippen LogP contribution is 2.27. The predicted octanol–water partition coefficient (Wildman–Crippen LogP) is 3.64. The Morgan fingerprint density at radius 1 is 1.24 bits per heavy atom. The maximum absolute atomic E-state index is 10.4. The molecule has 1 N–H and O–H groups in total. The van der Waals surface area contributed by atoms with Crippen molar-refractivity contribution in [1.82, 2.24) is 4.98 Å². The SMILES string of the molecule is O=C(O)/C=C/c1ccc2cc(Cl)c(Cl)cc2n1. The first-order valence-corrected chi connectivity index (χ1v) is 5.48. The van der Waals surface area contributed by atoms with Gasteiger partial charge in [-0.3, -0.25) is 0 Å². The molecule has 0 radical (unpaired) electrons. The molecule has 0 aliphatic rings. The summed E-state index contributed by atoms with van der Waals surface area (Å²) in [6.07, 6.45) is 2.45. The van der Waals surface area contributed by atoms with Gasteiger partial charge in [0.05, 0.1) is 21.3 Å². The van der Waals surface area contributed by atoms with E-state index in [0.717, 1.165) is 11.5 Å². The van der Waals surface area contributed by atoms with Gasteiger partial charge < -0.3 is 5.11 Å². The largest absolute Gasteiger partial charge is 0.478 e. The molecule has 0 fully saturated rings. The van der Waals surface area contributed by atoms with Crippen molar-refractivity contribution in [2.45, 2.75) is 0 Å². The maximum atomic E-state index is 10.4. The number of aliphatic carboxylic acids is 1. The predicted molar refractivity (Wildman–Crippen MR) is 68.4 cm³/mol. The van der Waals surface area contributed by atoms with Crippen LogP contribution in [-0.2, 0) is 4.79 Å². The number of fused-ring (bicyclic) bond motifs is 1. The average molecular weight is 268 g/mol. The number of rotatable bonds is 2. The molecule has 2 rings (SSSR count). The van der Waals surface area contributed by atoms with Crippen LogP contribution in [0.5, 0.6) is 0 Å². The van der Waals surface area contributed by atoms with Crippen molar-refractivity contribution in [2.24, 2.45) is 0 Å². The van der Waals surface area contributed by atoms with Crippen molar-refractivity contribution < 1.29 is 9.90 Å². The number of pyridine rings is 1. The number of benzene rings is 1. The third kappa shape index (κ3) is 2.75. The summed E-state index contributed by atoms with van der Waals surface area (Å²) in [5, 5.41) is 10.3. The van der Waals surface area contributed by atoms with E-state index in [0.29, 0.717) is 21.3 Å². The fourth-order valence-electron chi connectivity index (χ4n) is 1.38. The summed E-state index contributed by atoms with van der Waals surface area (Å²) in [5.41, 5.74) is 1.23. The highest BCUT2D eigenvalue weighted by Gasteiger charge is 2.02. The van der Waals surface area contributed by atoms with Gasteiger partial charge in [-0.25, -0.2) is 9.78 Å². The molecule has 0 spiro atoms. The Labute approximate surface area is 107 Å². The lowest BCUT2D eigenvalue weighted by Crippen LogP contribution is -1.88. The van der Waals surface area contributed by atoms with Crippen LogP contribution in [0.2, 0.25) is 10.0 Å². The fraction of sp³-hybridized carbons (Fsp3) is 0. The first-order valence-electron chi connectivity index (χ1n) is 4.73. The standard InChI is InChI=1S/C12H7Cl2NO2/c13-9-5-7-1-2-8(3-4-12(16)17)15-11(7)6-10(9)14/h1-6H,(H,16,17)/b4-3+. The summed E-state index contributed by atoms with van der Waals surface area (Å²) in [4.78, 5) is 14.6. The van der Waals surface area contributed by atoms with Gasteiger partial charge in [0, 0.05) is 11.5 Å². The average Bonchev–Trinajstić information content (AvgIpc) is 2.28. The lowest BCUT2D eigenvalue weighted by molar-refractivity contribution is -0.131. The van der Waals surface area contributed by atoms with Crippen molar-refractivity contribution in [2.75, 3.05) is 0 Å². The molecule has 0 atom stereocenters. The number of carboxylic acids is 1. The zero-order valence-corrected chi connectivity index (χ0v) is 10.0. The fourth-order valence-corrected chi connectivity index (χ4v) is 1.71. The molecule has 0 bridgehead atoms. The Kier molecular flexibility index (Phi) is 3.31. The molecule has 2 aromatic rings. The highest BCUT2D eigenvalue weighted by atomic mass is 35.5. The van der Waals surface area contributed by atoms with E-state index in [-0.39, 0.29) is 0 Å². The third-order valence-corrected chi connectivity index (χ3v) is 2.87. The van der Waals surface area contributed by atoms with Gasteiger partial charge in [0.25, 0.3) is 0 Å². The van der Waals surface area contributed by atoms with Crippen LogP contribution in [0, 0.1) is 0 Å². The van der Waals surface area contributed by atoms with Gasteiger partial charge in [0.1, 0.15) is 0 Å². The van der Waals surface area contributed by atoms with E-state index in [9.17, 15) is 4.79 Å². The quantitative estimate of drug-likeness (QED) is 0.846. The van der Waals surface area contributed by atoms with Gasteiger partial charge >= 0.3 is 5.97 Å². The van der Waals surface area contributed by atoms with Crippen LogP contribution in [0.4, 0.5) is 0 Å². The molecule has 5 heteroatoms. The smallest absolute Gasteiger partial charge is 0.328 e. The van der Waals surface area contributed by atoms with Crippen molar-refractivity contribution in [3.05, 3.63) is 46.1 Å². The van der Waals surface area contributed by atoms with Gasteiger partial charge in [-0.2, -0.15) is 0 Å². The van der Waals surface area contributed by atoms with Crippen molar-refractivity contribution >= 4 is 46.2 Å². The monoisotopic (exact) mass is 267 g/mol. The molecule has 0 saturated carbocycles. The molecule has 86 valence electrons. The second kappa shape index (κ2) is 4.73. The summed E-state index contributed by atoms with van der Waals surface area (Å²) in [7, 11) is 0. The number of nitrogens with zero attached hydrogens (tertiary/aromatic N) is 1. The topological polar surface area (TPSA) is 50.2 Å². The third-order valence-electron chi connectivity index (χ3n) is 2.15. The van der Waals surface area contributed by atoms with Crippen LogP contribution in [-0.4, -0.2) is 16.1 Å². The molecule has 0 aliphatic heterocycles. The minimum atomic E-state index is -1.01. The normalized spacial score (nSPS) is 11.2. The Morgan fingerprint density at radius 3 is 2.65 bits per heavy atom. The van der Waals surface area contributed by atoms with E-state index in [2.05, 4.69) is 4.98 Å². The Balaban J connectivity index is 2.50. The van der Waals surface area contributed by atoms with Crippen LogP contribution < -0.4 is 0 Å². The molecular formula is C12H7Cl2NO2. The molecule has 0 saturated heterocycles. The van der Waals surface area contributed by atoms with Crippen molar-refractivity contribution in [3.8, 4) is 0 Å². The van der Waals surface area contributed by atoms with Gasteiger partial charge in [-0.15, -0.1) is 0 Å². The number of aromatic nitrogens is 1. The molecule has 3 nitrogen and oxygen atoms in total. The minimum absolute atomic E-state index is 0.422. The number of hydrogen-bond donors (Lipinski definition) is 1. The van der Waals surface area contributed by atoms with Crippen LogP contribution >= 0.6 is 23.2 Å². The molecular weight excluding hydrogens is 261 g/mol. The molecule has 0 aliphatic carbocycles. The summed E-state index contributed by atoms with van der Waals surface area (Å²) < 4.78 is 0. The molecule has 1 heterocycles. The minimum Gasteiger partial charge on any atom is -0.478 e. The number of halogens is 2. The maximum Gasteiger partial charge on any atom is 0.328 e. The molecule has 17 heavy (non-hydrogen) atoms. The number of carbonyl (C=O) groups is 1. The van der Waals surface area contributed by atoms with Crippen LogP contribution in [0.25, 0.3) is 17.0 Å². The summed E-state index contributed by atoms with van der Waals surface area (Å²) in [6.45, 7) is 0. The van der Waals surface area contributed by atoms with Crippen LogP contribution in [0.15, 0.2) is 30.3 Å². The van der Waals surface area contributed by atoms with E-state index < -0.39 is 5.97 Å². The number of carboxylic acid groups (broad SMARTS) is 1. The van der Waals surface area contributed by atoms with Crippen molar-refractivity contribution in [3.63, 3.8) is 0 Å². The highest BCUT2D eigenvalue weighted by molar-refractivity contribution is 6.42. The second-order valence-corrected chi connectivity index (χ2v) is 4.18. The number of hydrogen-bond acceptors (Lipinski definition) is 2. The summed E-state index contributed by atoms with van der Waals surface area (Å²) in [6, 6.07) is 6.90. The Morgan fingerprint density at radius 2 is 1.94 bits per heavy atom. The van der Waals surface area contributed by atoms with E-state index >= 15 is 0 Å². The zero-order valence-electron chi connectivity index (χ0n) is 8.52. The summed E-state index contributed by atoms with van der Waals surface area (Å²) in [5.74, 6) is -1.01. The van der Waals surface area contributed by atoms with E-state index in [1.54, 1.807) is 18.2 Å². The zero-order chi connectivity index (χ0) is 12.4. The Bertz CT molecular complexity index is 623. The van der Waals surface area contributed by atoms with Gasteiger partial charge in [-0.05, 0) is 24.3 Å². The van der Waals surface area contributed by atoms with Crippen molar-refractivity contribution in [1.29, 1.82) is 0 Å². The van der Waals surface area contributed by atoms with E-state index in [1.807, 2.05) is 6.07 Å². The van der Waals surface area contributed by atoms with Crippen LogP contribution in [0.1, 0.15) is 5.69 Å². The molecule has 1 aromatic carbocycles. The van der Waals surface area contributed by atoms with Gasteiger partial charge in [0.2, 0.25) is 0 Å². The van der Waals surface area contributed by atoms with Gasteiger partial charge in [0.15, 0.2) is 0 Å².